The largest absolute Gasteiger partial charge is 0.496 e. The highest BCUT2D eigenvalue weighted by Crippen LogP contribution is 2.47. The first-order chi connectivity index (χ1) is 24.7. The van der Waals surface area contributed by atoms with Gasteiger partial charge in [-0.25, -0.2) is 13.2 Å². The van der Waals surface area contributed by atoms with E-state index >= 15 is 0 Å². The zero-order valence-electron chi connectivity index (χ0n) is 30.3. The number of cyclic esters (lactones) is 1. The van der Waals surface area contributed by atoms with E-state index in [1.807, 2.05) is 37.3 Å². The van der Waals surface area contributed by atoms with E-state index in [9.17, 15) is 27.6 Å². The van der Waals surface area contributed by atoms with Gasteiger partial charge in [0.25, 0.3) is 5.91 Å². The highest BCUT2D eigenvalue weighted by Gasteiger charge is 2.62. The number of rotatable bonds is 7. The number of tetrazole rings is 1. The Hall–Kier alpha value is -4.54. The zero-order valence-corrected chi connectivity index (χ0v) is 31.1. The maximum Gasteiger partial charge on any atom is 0.407 e. The van der Waals surface area contributed by atoms with Gasteiger partial charge in [-0.15, -0.1) is 10.2 Å². The minimum absolute atomic E-state index is 0.000903. The van der Waals surface area contributed by atoms with Crippen LogP contribution in [-0.2, 0) is 29.1 Å². The van der Waals surface area contributed by atoms with Crippen LogP contribution in [0.3, 0.4) is 0 Å². The highest BCUT2D eigenvalue weighted by atomic mass is 32.2. The monoisotopic (exact) mass is 740 g/mol. The molecule has 4 aliphatic rings. The number of carbonyl (C=O) groups excluding carboxylic acids is 4. The van der Waals surface area contributed by atoms with Gasteiger partial charge in [0.05, 0.1) is 25.0 Å². The number of alkyl carbamates (subject to hydrolysis) is 1. The third kappa shape index (κ3) is 7.78. The summed E-state index contributed by atoms with van der Waals surface area (Å²) in [7, 11) is -2.27. The number of aromatic nitrogens is 4. The van der Waals surface area contributed by atoms with Crippen molar-refractivity contribution in [2.24, 2.45) is 11.3 Å². The average molecular weight is 741 g/mol. The third-order valence-corrected chi connectivity index (χ3v) is 12.1. The molecule has 3 heterocycles. The van der Waals surface area contributed by atoms with Crippen molar-refractivity contribution in [3.05, 3.63) is 29.8 Å². The van der Waals surface area contributed by atoms with Crippen LogP contribution >= 0.6 is 0 Å². The molecule has 0 spiro atoms. The van der Waals surface area contributed by atoms with Crippen LogP contribution in [0.2, 0.25) is 0 Å². The number of hydrogen-bond acceptors (Lipinski definition) is 11. The predicted molar refractivity (Wildman–Crippen MR) is 189 cm³/mol. The van der Waals surface area contributed by atoms with Crippen LogP contribution in [0.25, 0.3) is 17.5 Å². The Morgan fingerprint density at radius 3 is 2.62 bits per heavy atom. The Balaban J connectivity index is 1.33. The molecule has 2 aliphatic carbocycles. The van der Waals surface area contributed by atoms with Crippen LogP contribution in [0.5, 0.6) is 5.75 Å². The number of hydrogen-bond donors (Lipinski definition) is 3. The number of fused-ring (bicyclic) bond motifs is 8. The SMILES string of the molecule is CC[C@@H]1C[C@]1(NC(=O)[C@@H]1C[C@@H]2CN1C(=O)[C@H](C(C)(C)C)NC(=O)OCCCC/C=C\c1cc(ccc1OC)-c1nnn2n1)C(=O)NS(=O)(=O)C1CC1. The zero-order chi connectivity index (χ0) is 37.4. The number of carbonyl (C=O) groups is 4. The molecule has 17 heteroatoms. The molecule has 52 heavy (non-hydrogen) atoms. The van der Waals surface area contributed by atoms with Crippen molar-refractivity contribution in [3.8, 4) is 17.1 Å². The predicted octanol–water partition coefficient (Wildman–Crippen LogP) is 2.72. The minimum Gasteiger partial charge on any atom is -0.496 e. The van der Waals surface area contributed by atoms with Gasteiger partial charge in [0.15, 0.2) is 0 Å². The van der Waals surface area contributed by atoms with Crippen LogP contribution < -0.4 is 20.1 Å². The summed E-state index contributed by atoms with van der Waals surface area (Å²) < 4.78 is 38.6. The van der Waals surface area contributed by atoms with Crippen LogP contribution in [0.1, 0.15) is 90.7 Å². The molecule has 5 atom stereocenters. The molecular formula is C35H48N8O8S. The van der Waals surface area contributed by atoms with E-state index in [0.717, 1.165) is 18.4 Å². The van der Waals surface area contributed by atoms with Crippen molar-refractivity contribution in [3.63, 3.8) is 0 Å². The van der Waals surface area contributed by atoms with Crippen LogP contribution in [0, 0.1) is 11.3 Å². The van der Waals surface area contributed by atoms with Crippen molar-refractivity contribution in [1.82, 2.24) is 40.5 Å². The van der Waals surface area contributed by atoms with Crippen molar-refractivity contribution < 1.29 is 37.1 Å². The molecule has 3 N–H and O–H groups in total. The van der Waals surface area contributed by atoms with Crippen LogP contribution in [0.15, 0.2) is 24.3 Å². The molecule has 2 saturated carbocycles. The topological polar surface area (TPSA) is 204 Å². The van der Waals surface area contributed by atoms with E-state index < -0.39 is 68.2 Å². The minimum atomic E-state index is -3.86. The van der Waals surface area contributed by atoms with E-state index in [4.69, 9.17) is 9.47 Å². The lowest BCUT2D eigenvalue weighted by molar-refractivity contribution is -0.142. The molecular weight excluding hydrogens is 693 g/mol. The Morgan fingerprint density at radius 1 is 1.17 bits per heavy atom. The van der Waals surface area contributed by atoms with Crippen molar-refractivity contribution >= 4 is 39.9 Å². The lowest BCUT2D eigenvalue weighted by atomic mass is 9.85. The molecule has 6 bridgehead atoms. The first kappa shape index (κ1) is 37.2. The quantitative estimate of drug-likeness (QED) is 0.377. The summed E-state index contributed by atoms with van der Waals surface area (Å²) >= 11 is 0. The second-order valence-corrected chi connectivity index (χ2v) is 17.2. The first-order valence-corrected chi connectivity index (χ1v) is 19.5. The summed E-state index contributed by atoms with van der Waals surface area (Å²) in [5.74, 6) is -1.20. The second-order valence-electron chi connectivity index (χ2n) is 15.2. The molecule has 4 amide bonds. The van der Waals surface area contributed by atoms with Gasteiger partial charge in [-0.2, -0.15) is 4.80 Å². The normalized spacial score (nSPS) is 27.5. The molecule has 2 aliphatic heterocycles. The number of nitrogens with one attached hydrogen (secondary N) is 3. The van der Waals surface area contributed by atoms with Crippen molar-refractivity contribution in [1.29, 1.82) is 0 Å². The first-order valence-electron chi connectivity index (χ1n) is 17.9. The lowest BCUT2D eigenvalue weighted by Crippen LogP contribution is -2.60. The molecule has 0 unspecified atom stereocenters. The number of ether oxygens (including phenoxy) is 2. The van der Waals surface area contributed by atoms with E-state index in [1.165, 1.54) is 9.70 Å². The van der Waals surface area contributed by atoms with Crippen LogP contribution in [0.4, 0.5) is 4.79 Å². The van der Waals surface area contributed by atoms with Gasteiger partial charge >= 0.3 is 6.09 Å². The summed E-state index contributed by atoms with van der Waals surface area (Å²) in [4.78, 5) is 58.0. The molecule has 2 aromatic rings. The van der Waals surface area contributed by atoms with Crippen molar-refractivity contribution in [2.45, 2.75) is 108 Å². The molecule has 16 nitrogen and oxygen atoms in total. The Kier molecular flexibility index (Phi) is 10.4. The number of methoxy groups -OCH3 is 1. The number of sulfonamides is 1. The smallest absolute Gasteiger partial charge is 0.407 e. The number of allylic oxidation sites excluding steroid dienone is 1. The maximum atomic E-state index is 14.5. The third-order valence-electron chi connectivity index (χ3n) is 10.3. The summed E-state index contributed by atoms with van der Waals surface area (Å²) in [6, 6.07) is 2.75. The van der Waals surface area contributed by atoms with E-state index in [2.05, 4.69) is 30.8 Å². The molecule has 1 aromatic carbocycles. The van der Waals surface area contributed by atoms with Crippen LogP contribution in [-0.4, -0.2) is 100 Å². The highest BCUT2D eigenvalue weighted by molar-refractivity contribution is 7.91. The maximum absolute atomic E-state index is 14.5. The van der Waals surface area contributed by atoms with Gasteiger partial charge in [0.2, 0.25) is 27.7 Å². The number of benzene rings is 1. The Morgan fingerprint density at radius 2 is 1.94 bits per heavy atom. The van der Waals surface area contributed by atoms with Gasteiger partial charge in [-0.05, 0) is 73.3 Å². The summed E-state index contributed by atoms with van der Waals surface area (Å²) in [6.07, 6.45) is 7.10. The van der Waals surface area contributed by atoms with E-state index in [1.54, 1.807) is 27.9 Å². The molecule has 6 rings (SSSR count). The van der Waals surface area contributed by atoms with Gasteiger partial charge in [0, 0.05) is 24.1 Å². The fourth-order valence-electron chi connectivity index (χ4n) is 6.98. The second kappa shape index (κ2) is 14.5. The molecule has 3 fully saturated rings. The molecule has 1 saturated heterocycles. The summed E-state index contributed by atoms with van der Waals surface area (Å²) in [5, 5.41) is 18.2. The Labute approximate surface area is 303 Å². The standard InChI is InChI=1S/C35H48N8O8S/c1-6-23-19-35(23,32(46)40-52(48,49)25-13-14-25)37-30(44)26-18-24-20-42(26)31(45)28(34(2,3)4)36-33(47)51-16-10-8-7-9-11-21-17-22(12-15-27(21)50-5)29-38-41-43(24)39-29/h9,11-12,15,17,23-26,28H,6-8,10,13-14,16,18-20H2,1-5H3,(H,36,47)(H,37,44)(H,40,46)/b11-9-/t23-,24-,26+,28-,35-/m1/s1. The van der Waals surface area contributed by atoms with E-state index in [0.29, 0.717) is 42.8 Å². The average Bonchev–Trinajstić information content (AvgIpc) is 3.97. The molecule has 0 radical (unpaired) electrons. The molecule has 282 valence electrons. The molecule has 1 aromatic heterocycles. The van der Waals surface area contributed by atoms with Gasteiger partial charge in [-0.3, -0.25) is 19.1 Å². The summed E-state index contributed by atoms with van der Waals surface area (Å²) in [6.45, 7) is 7.41. The van der Waals surface area contributed by atoms with Gasteiger partial charge in [0.1, 0.15) is 23.4 Å². The van der Waals surface area contributed by atoms with Gasteiger partial charge in [-0.1, -0.05) is 46.3 Å². The van der Waals surface area contributed by atoms with E-state index in [-0.39, 0.29) is 31.9 Å². The fourth-order valence-corrected chi connectivity index (χ4v) is 8.35. The lowest BCUT2D eigenvalue weighted by Gasteiger charge is -2.35. The number of amides is 4. The fraction of sp³-hybridized carbons (Fsp3) is 0.629. The Bertz CT molecular complexity index is 1850. The summed E-state index contributed by atoms with van der Waals surface area (Å²) in [5.41, 5.74) is -0.713. The van der Waals surface area contributed by atoms with Gasteiger partial charge < -0.3 is 25.0 Å². The van der Waals surface area contributed by atoms with Crippen molar-refractivity contribution in [2.75, 3.05) is 20.3 Å². The number of nitrogens with zero attached hydrogens (tertiary/aromatic N) is 5.